The molecule has 0 spiro atoms. The van der Waals surface area contributed by atoms with Gasteiger partial charge in [-0.2, -0.15) is 0 Å². The summed E-state index contributed by atoms with van der Waals surface area (Å²) in [7, 11) is 0. The van der Waals surface area contributed by atoms with E-state index in [1.807, 2.05) is 12.1 Å². The zero-order valence-corrected chi connectivity index (χ0v) is 16.0. The van der Waals surface area contributed by atoms with Crippen LogP contribution in [0.1, 0.15) is 45.5 Å². The quantitative estimate of drug-likeness (QED) is 0.292. The number of rotatable bonds is 8. The van der Waals surface area contributed by atoms with Crippen molar-refractivity contribution in [3.8, 4) is 0 Å². The Morgan fingerprint density at radius 3 is 1.86 bits per heavy atom. The molecular formula is C24H21NO4. The number of nitrogens with zero attached hydrogens (tertiary/aromatic N) is 1. The molecule has 0 saturated carbocycles. The van der Waals surface area contributed by atoms with Gasteiger partial charge in [0.1, 0.15) is 0 Å². The summed E-state index contributed by atoms with van der Waals surface area (Å²) in [5.74, 6) is -0.987. The molecular weight excluding hydrogens is 366 g/mol. The fraction of sp³-hybridized carbons (Fsp3) is 0.167. The van der Waals surface area contributed by atoms with Crippen LogP contribution in [-0.4, -0.2) is 16.5 Å². The highest BCUT2D eigenvalue weighted by Gasteiger charge is 2.29. The molecule has 0 aliphatic rings. The number of nitro benzene ring substituents is 1. The van der Waals surface area contributed by atoms with Gasteiger partial charge in [-0.1, -0.05) is 79.7 Å². The van der Waals surface area contributed by atoms with Gasteiger partial charge in [-0.05, 0) is 5.56 Å². The van der Waals surface area contributed by atoms with Crippen LogP contribution in [-0.2, 0) is 0 Å². The van der Waals surface area contributed by atoms with Crippen molar-refractivity contribution < 1.29 is 14.5 Å². The van der Waals surface area contributed by atoms with E-state index in [-0.39, 0.29) is 23.7 Å². The van der Waals surface area contributed by atoms with Gasteiger partial charge in [0.2, 0.25) is 0 Å². The van der Waals surface area contributed by atoms with E-state index in [1.165, 1.54) is 12.1 Å². The summed E-state index contributed by atoms with van der Waals surface area (Å²) in [6.07, 6.45) is 0.140. The first-order chi connectivity index (χ1) is 14.0. The molecule has 146 valence electrons. The standard InChI is InChI=1S/C24H21NO4/c1-17(24(27)20-10-6-3-7-11-20)22(16-23(26)19-8-4-2-5-9-19)18-12-14-21(15-13-18)25(28)29/h2-15,17,22H,16H2,1H3/t17-,22-/m1/s1. The molecule has 0 N–H and O–H groups in total. The van der Waals surface area contributed by atoms with Gasteiger partial charge >= 0.3 is 0 Å². The molecule has 0 heterocycles. The molecule has 3 aromatic rings. The lowest BCUT2D eigenvalue weighted by molar-refractivity contribution is -0.384. The summed E-state index contributed by atoms with van der Waals surface area (Å²) < 4.78 is 0. The Hall–Kier alpha value is -3.60. The van der Waals surface area contributed by atoms with Gasteiger partial charge in [0.15, 0.2) is 11.6 Å². The van der Waals surface area contributed by atoms with Crippen LogP contribution < -0.4 is 0 Å². The topological polar surface area (TPSA) is 77.3 Å². The summed E-state index contributed by atoms with van der Waals surface area (Å²) in [5, 5.41) is 11.0. The molecule has 29 heavy (non-hydrogen) atoms. The summed E-state index contributed by atoms with van der Waals surface area (Å²) in [6.45, 7) is 1.81. The number of non-ortho nitro benzene ring substituents is 1. The van der Waals surface area contributed by atoms with Gasteiger partial charge in [-0.15, -0.1) is 0 Å². The molecule has 5 heteroatoms. The van der Waals surface area contributed by atoms with Crippen molar-refractivity contribution in [2.24, 2.45) is 5.92 Å². The second kappa shape index (κ2) is 9.06. The molecule has 0 aromatic heterocycles. The Bertz CT molecular complexity index is 998. The molecule has 0 radical (unpaired) electrons. The minimum atomic E-state index is -0.466. The average molecular weight is 387 g/mol. The maximum Gasteiger partial charge on any atom is 0.269 e. The van der Waals surface area contributed by atoms with Crippen molar-refractivity contribution in [1.82, 2.24) is 0 Å². The number of nitro groups is 1. The molecule has 2 atom stereocenters. The third-order valence-electron chi connectivity index (χ3n) is 5.11. The first-order valence-corrected chi connectivity index (χ1v) is 9.39. The summed E-state index contributed by atoms with van der Waals surface area (Å²) in [5.41, 5.74) is 1.87. The number of hydrogen-bond donors (Lipinski definition) is 0. The van der Waals surface area contributed by atoms with Crippen LogP contribution in [0.2, 0.25) is 0 Å². The van der Waals surface area contributed by atoms with Gasteiger partial charge < -0.3 is 0 Å². The Kier molecular flexibility index (Phi) is 6.29. The fourth-order valence-corrected chi connectivity index (χ4v) is 3.42. The van der Waals surface area contributed by atoms with Crippen LogP contribution in [0.3, 0.4) is 0 Å². The van der Waals surface area contributed by atoms with Crippen molar-refractivity contribution in [3.63, 3.8) is 0 Å². The Balaban J connectivity index is 1.93. The first kappa shape index (κ1) is 20.1. The van der Waals surface area contributed by atoms with Gasteiger partial charge in [0.05, 0.1) is 4.92 Å². The third kappa shape index (κ3) is 4.82. The lowest BCUT2D eigenvalue weighted by atomic mass is 9.79. The van der Waals surface area contributed by atoms with Crippen LogP contribution in [0.25, 0.3) is 0 Å². The van der Waals surface area contributed by atoms with Gasteiger partial charge in [-0.3, -0.25) is 19.7 Å². The zero-order valence-electron chi connectivity index (χ0n) is 16.0. The van der Waals surface area contributed by atoms with Crippen LogP contribution >= 0.6 is 0 Å². The van der Waals surface area contributed by atoms with Crippen molar-refractivity contribution in [3.05, 3.63) is 112 Å². The summed E-state index contributed by atoms with van der Waals surface area (Å²) >= 11 is 0. The van der Waals surface area contributed by atoms with Gasteiger partial charge in [0, 0.05) is 41.5 Å². The number of benzene rings is 3. The molecule has 5 nitrogen and oxygen atoms in total. The first-order valence-electron chi connectivity index (χ1n) is 9.39. The number of Topliss-reactive ketones (excluding diaryl/α,β-unsaturated/α-hetero) is 2. The lowest BCUT2D eigenvalue weighted by Crippen LogP contribution is -2.22. The van der Waals surface area contributed by atoms with Crippen molar-refractivity contribution in [2.75, 3.05) is 0 Å². The minimum Gasteiger partial charge on any atom is -0.294 e. The predicted octanol–water partition coefficient (Wildman–Crippen LogP) is 5.47. The molecule has 0 bridgehead atoms. The van der Waals surface area contributed by atoms with Crippen molar-refractivity contribution >= 4 is 17.3 Å². The third-order valence-corrected chi connectivity index (χ3v) is 5.11. The average Bonchev–Trinajstić information content (AvgIpc) is 2.77. The SMILES string of the molecule is C[C@@H](C(=O)c1ccccc1)[C@@H](CC(=O)c1ccccc1)c1ccc([N+](=O)[O-])cc1. The normalized spacial score (nSPS) is 12.7. The number of hydrogen-bond acceptors (Lipinski definition) is 4. The fourth-order valence-electron chi connectivity index (χ4n) is 3.42. The Labute approximate surface area is 169 Å². The largest absolute Gasteiger partial charge is 0.294 e. The number of carbonyl (C=O) groups is 2. The molecule has 0 aliphatic heterocycles. The van der Waals surface area contributed by atoms with E-state index >= 15 is 0 Å². The molecule has 3 aromatic carbocycles. The highest BCUT2D eigenvalue weighted by atomic mass is 16.6. The Morgan fingerprint density at radius 1 is 0.828 bits per heavy atom. The Morgan fingerprint density at radius 2 is 1.34 bits per heavy atom. The zero-order chi connectivity index (χ0) is 20.8. The smallest absolute Gasteiger partial charge is 0.269 e. The lowest BCUT2D eigenvalue weighted by Gasteiger charge is -2.23. The van der Waals surface area contributed by atoms with Crippen molar-refractivity contribution in [1.29, 1.82) is 0 Å². The highest BCUT2D eigenvalue weighted by Crippen LogP contribution is 2.33. The van der Waals surface area contributed by atoms with Crippen LogP contribution in [0.4, 0.5) is 5.69 Å². The van der Waals surface area contributed by atoms with E-state index in [1.54, 1.807) is 67.6 Å². The molecule has 0 unspecified atom stereocenters. The second-order valence-corrected chi connectivity index (χ2v) is 6.97. The van der Waals surface area contributed by atoms with Crippen LogP contribution in [0.5, 0.6) is 0 Å². The molecule has 0 aliphatic carbocycles. The van der Waals surface area contributed by atoms with E-state index in [4.69, 9.17) is 0 Å². The van der Waals surface area contributed by atoms with Gasteiger partial charge in [-0.25, -0.2) is 0 Å². The van der Waals surface area contributed by atoms with Crippen molar-refractivity contribution in [2.45, 2.75) is 19.3 Å². The molecule has 0 saturated heterocycles. The van der Waals surface area contributed by atoms with E-state index in [0.29, 0.717) is 11.1 Å². The number of carbonyl (C=O) groups excluding carboxylic acids is 2. The predicted molar refractivity (Wildman–Crippen MR) is 111 cm³/mol. The monoisotopic (exact) mass is 387 g/mol. The summed E-state index contributed by atoms with van der Waals surface area (Å²) in [6, 6.07) is 24.0. The van der Waals surface area contributed by atoms with E-state index in [0.717, 1.165) is 5.56 Å². The molecule has 0 amide bonds. The highest BCUT2D eigenvalue weighted by molar-refractivity contribution is 6.00. The minimum absolute atomic E-state index is 0.0241. The molecule has 3 rings (SSSR count). The maximum absolute atomic E-state index is 13.0. The molecule has 0 fully saturated rings. The van der Waals surface area contributed by atoms with E-state index in [9.17, 15) is 19.7 Å². The second-order valence-electron chi connectivity index (χ2n) is 6.97. The van der Waals surface area contributed by atoms with Gasteiger partial charge in [0.25, 0.3) is 5.69 Å². The van der Waals surface area contributed by atoms with E-state index < -0.39 is 16.8 Å². The number of ketones is 2. The van der Waals surface area contributed by atoms with E-state index in [2.05, 4.69) is 0 Å². The summed E-state index contributed by atoms with van der Waals surface area (Å²) in [4.78, 5) is 36.4. The van der Waals surface area contributed by atoms with Crippen LogP contribution in [0.15, 0.2) is 84.9 Å². The van der Waals surface area contributed by atoms with Crippen LogP contribution in [0, 0.1) is 16.0 Å². The maximum atomic E-state index is 13.0.